The third kappa shape index (κ3) is 3.17. The van der Waals surface area contributed by atoms with E-state index in [2.05, 4.69) is 42.5 Å². The summed E-state index contributed by atoms with van der Waals surface area (Å²) in [6.45, 7) is 11.9. The Morgan fingerprint density at radius 2 is 2.24 bits per heavy atom. The molecule has 1 aliphatic carbocycles. The van der Waals surface area contributed by atoms with Gasteiger partial charge in [-0.3, -0.25) is 4.90 Å². The second-order valence-electron chi connectivity index (χ2n) is 7.41. The summed E-state index contributed by atoms with van der Waals surface area (Å²) in [5, 5.41) is 0. The molecule has 0 aromatic carbocycles. The van der Waals surface area contributed by atoms with E-state index in [0.717, 1.165) is 45.6 Å². The molecule has 0 saturated carbocycles. The molecule has 21 heavy (non-hydrogen) atoms. The predicted molar refractivity (Wildman–Crippen MR) is 85.3 cm³/mol. The van der Waals surface area contributed by atoms with E-state index in [9.17, 15) is 0 Å². The van der Waals surface area contributed by atoms with Gasteiger partial charge in [0.1, 0.15) is 0 Å². The first-order chi connectivity index (χ1) is 9.98. The summed E-state index contributed by atoms with van der Waals surface area (Å²) in [4.78, 5) is 2.47. The number of nitrogens with zero attached hydrogens (tertiary/aromatic N) is 2. The van der Waals surface area contributed by atoms with Crippen molar-refractivity contribution >= 4 is 0 Å². The van der Waals surface area contributed by atoms with Crippen LogP contribution in [0.4, 0.5) is 0 Å². The third-order valence-electron chi connectivity index (χ3n) is 5.00. The Bertz CT molecular complexity index is 494. The van der Waals surface area contributed by atoms with Crippen LogP contribution in [-0.4, -0.2) is 41.8 Å². The van der Waals surface area contributed by atoms with E-state index in [1.807, 2.05) is 0 Å². The molecule has 1 aromatic heterocycles. The topological polar surface area (TPSA) is 43.4 Å². The lowest BCUT2D eigenvalue weighted by atomic mass is 9.74. The lowest BCUT2D eigenvalue weighted by Crippen LogP contribution is -2.44. The van der Waals surface area contributed by atoms with Crippen LogP contribution in [0.3, 0.4) is 0 Å². The van der Waals surface area contributed by atoms with Gasteiger partial charge in [0.05, 0.1) is 12.7 Å². The van der Waals surface area contributed by atoms with Crippen LogP contribution < -0.4 is 5.73 Å². The molecule has 2 heterocycles. The highest BCUT2D eigenvalue weighted by atomic mass is 16.5. The van der Waals surface area contributed by atoms with Crippen LogP contribution in [0.15, 0.2) is 12.3 Å². The standard InChI is InChI=1S/C17H29N3O/c1-4-19-7-8-21-13(11-19)12-20-6-5-14-15(18)9-17(2,3)10-16(14)20/h5-6,13,15H,4,7-12,18H2,1-3H3. The molecule has 1 aliphatic heterocycles. The largest absolute Gasteiger partial charge is 0.374 e. The Kier molecular flexibility index (Phi) is 4.12. The number of nitrogens with two attached hydrogens (primary N) is 1. The van der Waals surface area contributed by atoms with E-state index >= 15 is 0 Å². The Labute approximate surface area is 128 Å². The van der Waals surface area contributed by atoms with Crippen molar-refractivity contribution in [3.05, 3.63) is 23.5 Å². The lowest BCUT2D eigenvalue weighted by molar-refractivity contribution is -0.0347. The first-order valence-corrected chi connectivity index (χ1v) is 8.26. The summed E-state index contributed by atoms with van der Waals surface area (Å²) in [5.74, 6) is 0. The molecule has 3 rings (SSSR count). The van der Waals surface area contributed by atoms with Gasteiger partial charge in [0.2, 0.25) is 0 Å². The van der Waals surface area contributed by atoms with Gasteiger partial charge in [-0.1, -0.05) is 20.8 Å². The van der Waals surface area contributed by atoms with Crippen molar-refractivity contribution in [2.45, 2.75) is 52.3 Å². The van der Waals surface area contributed by atoms with Crippen molar-refractivity contribution in [3.8, 4) is 0 Å². The molecule has 1 aromatic rings. The highest BCUT2D eigenvalue weighted by Crippen LogP contribution is 2.40. The Morgan fingerprint density at radius 3 is 3.00 bits per heavy atom. The van der Waals surface area contributed by atoms with Gasteiger partial charge in [-0.15, -0.1) is 0 Å². The van der Waals surface area contributed by atoms with E-state index < -0.39 is 0 Å². The van der Waals surface area contributed by atoms with E-state index in [1.54, 1.807) is 0 Å². The number of ether oxygens (including phenoxy) is 1. The van der Waals surface area contributed by atoms with Crippen molar-refractivity contribution in [2.24, 2.45) is 11.1 Å². The normalized spacial score (nSPS) is 29.3. The maximum absolute atomic E-state index is 6.36. The summed E-state index contributed by atoms with van der Waals surface area (Å²) in [7, 11) is 0. The van der Waals surface area contributed by atoms with Crippen molar-refractivity contribution in [1.82, 2.24) is 9.47 Å². The van der Waals surface area contributed by atoms with Crippen LogP contribution in [0, 0.1) is 5.41 Å². The Balaban J connectivity index is 1.75. The molecule has 2 N–H and O–H groups in total. The van der Waals surface area contributed by atoms with Gasteiger partial charge in [-0.05, 0) is 36.4 Å². The number of hydrogen-bond donors (Lipinski definition) is 1. The number of rotatable bonds is 3. The van der Waals surface area contributed by atoms with E-state index in [0.29, 0.717) is 11.5 Å². The van der Waals surface area contributed by atoms with Crippen molar-refractivity contribution in [1.29, 1.82) is 0 Å². The van der Waals surface area contributed by atoms with Crippen LogP contribution >= 0.6 is 0 Å². The SMILES string of the molecule is CCN1CCOC(Cn2ccc3c2CC(C)(C)CC3N)C1. The highest BCUT2D eigenvalue weighted by molar-refractivity contribution is 5.30. The molecule has 4 heteroatoms. The number of fused-ring (bicyclic) bond motifs is 1. The quantitative estimate of drug-likeness (QED) is 0.928. The van der Waals surface area contributed by atoms with Crippen LogP contribution in [-0.2, 0) is 17.7 Å². The predicted octanol–water partition coefficient (Wildman–Crippen LogP) is 2.18. The van der Waals surface area contributed by atoms with Crippen LogP contribution in [0.1, 0.15) is 44.5 Å². The fourth-order valence-electron chi connectivity index (χ4n) is 3.86. The van der Waals surface area contributed by atoms with E-state index in [-0.39, 0.29) is 6.04 Å². The molecule has 2 atom stereocenters. The zero-order valence-electron chi connectivity index (χ0n) is 13.6. The molecule has 1 saturated heterocycles. The second kappa shape index (κ2) is 5.75. The third-order valence-corrected chi connectivity index (χ3v) is 5.00. The van der Waals surface area contributed by atoms with Crippen molar-refractivity contribution < 1.29 is 4.74 Å². The van der Waals surface area contributed by atoms with Gasteiger partial charge < -0.3 is 15.0 Å². The second-order valence-corrected chi connectivity index (χ2v) is 7.41. The Morgan fingerprint density at radius 1 is 1.43 bits per heavy atom. The maximum atomic E-state index is 6.36. The average Bonchev–Trinajstić information content (AvgIpc) is 2.81. The van der Waals surface area contributed by atoms with Crippen molar-refractivity contribution in [3.63, 3.8) is 0 Å². The average molecular weight is 291 g/mol. The number of morpholine rings is 1. The molecule has 118 valence electrons. The minimum atomic E-state index is 0.185. The first-order valence-electron chi connectivity index (χ1n) is 8.26. The molecule has 2 aliphatic rings. The summed E-state index contributed by atoms with van der Waals surface area (Å²) in [6, 6.07) is 2.40. The monoisotopic (exact) mass is 291 g/mol. The molecular weight excluding hydrogens is 262 g/mol. The van der Waals surface area contributed by atoms with Gasteiger partial charge in [0.25, 0.3) is 0 Å². The first kappa shape index (κ1) is 15.1. The van der Waals surface area contributed by atoms with Crippen LogP contribution in [0.5, 0.6) is 0 Å². The summed E-state index contributed by atoms with van der Waals surface area (Å²) >= 11 is 0. The molecule has 0 amide bonds. The summed E-state index contributed by atoms with van der Waals surface area (Å²) in [5.41, 5.74) is 9.43. The molecule has 0 radical (unpaired) electrons. The molecule has 1 fully saturated rings. The molecule has 2 unspecified atom stereocenters. The van der Waals surface area contributed by atoms with Crippen LogP contribution in [0.25, 0.3) is 0 Å². The molecule has 0 bridgehead atoms. The highest BCUT2D eigenvalue weighted by Gasteiger charge is 2.33. The van der Waals surface area contributed by atoms with Crippen LogP contribution in [0.2, 0.25) is 0 Å². The fourth-order valence-corrected chi connectivity index (χ4v) is 3.86. The smallest absolute Gasteiger partial charge is 0.0881 e. The lowest BCUT2D eigenvalue weighted by Gasteiger charge is -2.36. The van der Waals surface area contributed by atoms with Gasteiger partial charge in [-0.2, -0.15) is 0 Å². The number of aromatic nitrogens is 1. The van der Waals surface area contributed by atoms with Crippen molar-refractivity contribution in [2.75, 3.05) is 26.2 Å². The maximum Gasteiger partial charge on any atom is 0.0881 e. The number of hydrogen-bond acceptors (Lipinski definition) is 3. The summed E-state index contributed by atoms with van der Waals surface area (Å²) < 4.78 is 8.35. The van der Waals surface area contributed by atoms with E-state index in [1.165, 1.54) is 11.3 Å². The molecule has 4 nitrogen and oxygen atoms in total. The molecule has 0 spiro atoms. The van der Waals surface area contributed by atoms with Gasteiger partial charge in [0.15, 0.2) is 0 Å². The zero-order chi connectivity index (χ0) is 15.0. The van der Waals surface area contributed by atoms with Gasteiger partial charge in [0, 0.05) is 37.6 Å². The van der Waals surface area contributed by atoms with E-state index in [4.69, 9.17) is 10.5 Å². The Hall–Kier alpha value is -0.840. The van der Waals surface area contributed by atoms with Gasteiger partial charge >= 0.3 is 0 Å². The van der Waals surface area contributed by atoms with Gasteiger partial charge in [-0.25, -0.2) is 0 Å². The zero-order valence-corrected chi connectivity index (χ0v) is 13.6. The summed E-state index contributed by atoms with van der Waals surface area (Å²) in [6.07, 6.45) is 4.71. The minimum absolute atomic E-state index is 0.185. The molecular formula is C17H29N3O. The number of likely N-dealkylation sites (N-methyl/N-ethyl adjacent to an activating group) is 1. The minimum Gasteiger partial charge on any atom is -0.374 e. The fraction of sp³-hybridized carbons (Fsp3) is 0.765.